The zero-order valence-corrected chi connectivity index (χ0v) is 16.7. The first-order valence-corrected chi connectivity index (χ1v) is 9.78. The molecule has 1 aliphatic heterocycles. The molecule has 2 aromatic rings. The van der Waals surface area contributed by atoms with Crippen LogP contribution in [-0.2, 0) is 11.2 Å². The summed E-state index contributed by atoms with van der Waals surface area (Å²) in [5, 5.41) is 2.35. The maximum Gasteiger partial charge on any atom is 0.254 e. The fourth-order valence-corrected chi connectivity index (χ4v) is 3.26. The molecule has 0 radical (unpaired) electrons. The first-order valence-electron chi connectivity index (χ1n) is 9.78. The van der Waals surface area contributed by atoms with Crippen molar-refractivity contribution in [2.24, 2.45) is 0 Å². The standard InChI is InChI=1S/C22H23F2N3O3/c1-2-15-3-5-16(6-4-15)22(30)27-11-9-26(10-12-27)20(28)14-25-21(29)18-8-7-17(23)13-19(18)24/h3-8,13H,2,9-12,14H2,1H3,(H,25,29). The van der Waals surface area contributed by atoms with Crippen LogP contribution in [0.4, 0.5) is 8.78 Å². The maximum atomic E-state index is 13.6. The Balaban J connectivity index is 1.48. The van der Waals surface area contributed by atoms with E-state index < -0.39 is 17.5 Å². The van der Waals surface area contributed by atoms with Gasteiger partial charge in [-0.3, -0.25) is 14.4 Å². The Bertz CT molecular complexity index is 939. The molecule has 0 atom stereocenters. The van der Waals surface area contributed by atoms with E-state index in [1.807, 2.05) is 31.2 Å². The molecule has 1 N–H and O–H groups in total. The summed E-state index contributed by atoms with van der Waals surface area (Å²) >= 11 is 0. The van der Waals surface area contributed by atoms with E-state index in [1.54, 1.807) is 9.80 Å². The Hall–Kier alpha value is -3.29. The number of carbonyl (C=O) groups is 3. The van der Waals surface area contributed by atoms with Crippen molar-refractivity contribution in [2.45, 2.75) is 13.3 Å². The summed E-state index contributed by atoms with van der Waals surface area (Å²) in [4.78, 5) is 40.2. The summed E-state index contributed by atoms with van der Waals surface area (Å²) in [6, 6.07) is 10.1. The van der Waals surface area contributed by atoms with Crippen LogP contribution in [0.3, 0.4) is 0 Å². The van der Waals surface area contributed by atoms with Crippen LogP contribution in [0.2, 0.25) is 0 Å². The Morgan fingerprint density at radius 2 is 1.57 bits per heavy atom. The molecule has 2 aromatic carbocycles. The Morgan fingerprint density at radius 3 is 2.17 bits per heavy atom. The van der Waals surface area contributed by atoms with E-state index in [9.17, 15) is 23.2 Å². The van der Waals surface area contributed by atoms with Crippen LogP contribution in [0.1, 0.15) is 33.2 Å². The molecule has 0 spiro atoms. The SMILES string of the molecule is CCc1ccc(C(=O)N2CCN(C(=O)CNC(=O)c3ccc(F)cc3F)CC2)cc1. The number of hydrogen-bond donors (Lipinski definition) is 1. The fourth-order valence-electron chi connectivity index (χ4n) is 3.26. The third-order valence-corrected chi connectivity index (χ3v) is 5.10. The number of nitrogens with zero attached hydrogens (tertiary/aromatic N) is 2. The van der Waals surface area contributed by atoms with Gasteiger partial charge in [-0.2, -0.15) is 0 Å². The molecule has 1 fully saturated rings. The van der Waals surface area contributed by atoms with E-state index in [1.165, 1.54) is 0 Å². The molecule has 1 saturated heterocycles. The quantitative estimate of drug-likeness (QED) is 0.814. The van der Waals surface area contributed by atoms with Gasteiger partial charge < -0.3 is 15.1 Å². The molecule has 0 aliphatic carbocycles. The van der Waals surface area contributed by atoms with Crippen molar-refractivity contribution >= 4 is 17.7 Å². The van der Waals surface area contributed by atoms with Crippen LogP contribution in [-0.4, -0.2) is 60.2 Å². The minimum absolute atomic E-state index is 0.0789. The second-order valence-electron chi connectivity index (χ2n) is 7.03. The van der Waals surface area contributed by atoms with Crippen molar-refractivity contribution in [1.82, 2.24) is 15.1 Å². The van der Waals surface area contributed by atoms with E-state index in [0.717, 1.165) is 24.1 Å². The molecule has 30 heavy (non-hydrogen) atoms. The average molecular weight is 415 g/mol. The number of rotatable bonds is 5. The van der Waals surface area contributed by atoms with Crippen molar-refractivity contribution in [3.05, 3.63) is 70.8 Å². The zero-order valence-electron chi connectivity index (χ0n) is 16.7. The Kier molecular flexibility index (Phi) is 6.76. The van der Waals surface area contributed by atoms with Gasteiger partial charge >= 0.3 is 0 Å². The van der Waals surface area contributed by atoms with E-state index in [-0.39, 0.29) is 23.9 Å². The summed E-state index contributed by atoms with van der Waals surface area (Å²) in [6.07, 6.45) is 0.902. The number of aryl methyl sites for hydroxylation is 1. The van der Waals surface area contributed by atoms with Gasteiger partial charge in [-0.05, 0) is 36.2 Å². The van der Waals surface area contributed by atoms with Crippen LogP contribution in [0.5, 0.6) is 0 Å². The molecule has 6 nitrogen and oxygen atoms in total. The number of hydrogen-bond acceptors (Lipinski definition) is 3. The summed E-state index contributed by atoms with van der Waals surface area (Å²) in [5.74, 6) is -2.96. The molecule has 8 heteroatoms. The number of amides is 3. The molecule has 0 saturated carbocycles. The van der Waals surface area contributed by atoms with Gasteiger partial charge in [0.15, 0.2) is 0 Å². The lowest BCUT2D eigenvalue weighted by atomic mass is 10.1. The summed E-state index contributed by atoms with van der Waals surface area (Å²) in [5.41, 5.74) is 1.44. The van der Waals surface area contributed by atoms with Gasteiger partial charge in [0.2, 0.25) is 5.91 Å². The minimum atomic E-state index is -0.987. The summed E-state index contributed by atoms with van der Waals surface area (Å²) in [6.45, 7) is 3.21. The van der Waals surface area contributed by atoms with Crippen molar-refractivity contribution < 1.29 is 23.2 Å². The van der Waals surface area contributed by atoms with Crippen LogP contribution >= 0.6 is 0 Å². The molecule has 3 rings (SSSR count). The molecular formula is C22H23F2N3O3. The van der Waals surface area contributed by atoms with Gasteiger partial charge in [0, 0.05) is 37.8 Å². The Morgan fingerprint density at radius 1 is 0.933 bits per heavy atom. The first-order chi connectivity index (χ1) is 14.4. The number of benzene rings is 2. The van der Waals surface area contributed by atoms with Gasteiger partial charge in [-0.25, -0.2) is 8.78 Å². The largest absolute Gasteiger partial charge is 0.343 e. The van der Waals surface area contributed by atoms with Gasteiger partial charge in [0.1, 0.15) is 11.6 Å². The van der Waals surface area contributed by atoms with Gasteiger partial charge in [0.05, 0.1) is 12.1 Å². The summed E-state index contributed by atoms with van der Waals surface area (Å²) in [7, 11) is 0. The van der Waals surface area contributed by atoms with E-state index in [0.29, 0.717) is 37.8 Å². The van der Waals surface area contributed by atoms with Crippen LogP contribution < -0.4 is 5.32 Å². The monoisotopic (exact) mass is 415 g/mol. The van der Waals surface area contributed by atoms with E-state index in [2.05, 4.69) is 5.32 Å². The van der Waals surface area contributed by atoms with E-state index in [4.69, 9.17) is 0 Å². The molecule has 1 aliphatic rings. The van der Waals surface area contributed by atoms with Gasteiger partial charge in [-0.1, -0.05) is 19.1 Å². The van der Waals surface area contributed by atoms with Crippen LogP contribution in [0.15, 0.2) is 42.5 Å². The predicted octanol–water partition coefficient (Wildman–Crippen LogP) is 2.24. The summed E-state index contributed by atoms with van der Waals surface area (Å²) < 4.78 is 26.6. The zero-order chi connectivity index (χ0) is 21.7. The minimum Gasteiger partial charge on any atom is -0.343 e. The van der Waals surface area contributed by atoms with Crippen molar-refractivity contribution in [3.8, 4) is 0 Å². The smallest absolute Gasteiger partial charge is 0.254 e. The normalized spacial score (nSPS) is 13.8. The maximum absolute atomic E-state index is 13.6. The lowest BCUT2D eigenvalue weighted by molar-refractivity contribution is -0.131. The topological polar surface area (TPSA) is 69.7 Å². The molecule has 3 amide bonds. The predicted molar refractivity (Wildman–Crippen MR) is 107 cm³/mol. The molecule has 1 heterocycles. The van der Waals surface area contributed by atoms with Crippen LogP contribution in [0.25, 0.3) is 0 Å². The number of halogens is 2. The van der Waals surface area contributed by atoms with Crippen molar-refractivity contribution in [3.63, 3.8) is 0 Å². The third kappa shape index (κ3) is 5.00. The molecule has 158 valence electrons. The second-order valence-corrected chi connectivity index (χ2v) is 7.03. The average Bonchev–Trinajstić information content (AvgIpc) is 2.77. The first kappa shape index (κ1) is 21.4. The van der Waals surface area contributed by atoms with Crippen molar-refractivity contribution in [1.29, 1.82) is 0 Å². The second kappa shape index (κ2) is 9.47. The van der Waals surface area contributed by atoms with Crippen LogP contribution in [0, 0.1) is 11.6 Å². The molecular weight excluding hydrogens is 392 g/mol. The lowest BCUT2D eigenvalue weighted by Crippen LogP contribution is -2.52. The Labute approximate surface area is 173 Å². The number of nitrogens with one attached hydrogen (secondary N) is 1. The number of carbonyl (C=O) groups excluding carboxylic acids is 3. The highest BCUT2D eigenvalue weighted by molar-refractivity contribution is 5.97. The fraction of sp³-hybridized carbons (Fsp3) is 0.318. The third-order valence-electron chi connectivity index (χ3n) is 5.10. The highest BCUT2D eigenvalue weighted by Gasteiger charge is 2.25. The van der Waals surface area contributed by atoms with Gasteiger partial charge in [-0.15, -0.1) is 0 Å². The lowest BCUT2D eigenvalue weighted by Gasteiger charge is -2.35. The molecule has 0 bridgehead atoms. The highest BCUT2D eigenvalue weighted by Crippen LogP contribution is 2.12. The highest BCUT2D eigenvalue weighted by atomic mass is 19.1. The molecule has 0 aromatic heterocycles. The molecule has 0 unspecified atom stereocenters. The van der Waals surface area contributed by atoms with Crippen molar-refractivity contribution in [2.75, 3.05) is 32.7 Å². The van der Waals surface area contributed by atoms with E-state index >= 15 is 0 Å². The van der Waals surface area contributed by atoms with Gasteiger partial charge in [0.25, 0.3) is 11.8 Å². The number of piperazine rings is 1.